The maximum atomic E-state index is 12.1. The van der Waals surface area contributed by atoms with Crippen molar-refractivity contribution < 1.29 is 19.8 Å². The highest BCUT2D eigenvalue weighted by Gasteiger charge is 2.26. The normalized spacial score (nSPS) is 10.2. The highest BCUT2D eigenvalue weighted by molar-refractivity contribution is 6.07. The number of nitrogen functional groups attached to an aromatic ring is 1. The first-order chi connectivity index (χ1) is 13.3. The van der Waals surface area contributed by atoms with Gasteiger partial charge in [-0.15, -0.1) is 0 Å². The lowest BCUT2D eigenvalue weighted by atomic mass is 9.94. The Morgan fingerprint density at radius 2 is 1.61 bits per heavy atom. The van der Waals surface area contributed by atoms with Crippen LogP contribution in [-0.4, -0.2) is 32.1 Å². The molecular weight excluding hydrogens is 364 g/mol. The summed E-state index contributed by atoms with van der Waals surface area (Å²) in [4.78, 5) is 41.3. The number of hydrogen-bond donors (Lipinski definition) is 4. The van der Waals surface area contributed by atoms with E-state index in [9.17, 15) is 24.6 Å². The van der Waals surface area contributed by atoms with E-state index >= 15 is 0 Å². The Balaban J connectivity index is 2.22. The summed E-state index contributed by atoms with van der Waals surface area (Å²) >= 11 is 0. The fourth-order valence-corrected chi connectivity index (χ4v) is 2.82. The molecule has 0 radical (unpaired) electrons. The second-order valence-corrected chi connectivity index (χ2v) is 5.75. The zero-order valence-electron chi connectivity index (χ0n) is 14.1. The molecular formula is C19H12N4O5. The lowest BCUT2D eigenvalue weighted by molar-refractivity contribution is 0.0695. The van der Waals surface area contributed by atoms with Gasteiger partial charge in [0.05, 0.1) is 5.56 Å². The molecule has 1 aromatic carbocycles. The van der Waals surface area contributed by atoms with Crippen molar-refractivity contribution in [3.63, 3.8) is 0 Å². The van der Waals surface area contributed by atoms with E-state index in [1.54, 1.807) is 24.4 Å². The Kier molecular flexibility index (Phi) is 4.62. The molecule has 0 unspecified atom stereocenters. The molecule has 0 bridgehead atoms. The van der Waals surface area contributed by atoms with Crippen LogP contribution >= 0.6 is 0 Å². The number of aromatic carboxylic acids is 2. The Morgan fingerprint density at radius 1 is 1.00 bits per heavy atom. The summed E-state index contributed by atoms with van der Waals surface area (Å²) < 4.78 is 0. The Hall–Kier alpha value is -4.45. The smallest absolute Gasteiger partial charge is 0.342 e. The third kappa shape index (κ3) is 3.17. The van der Waals surface area contributed by atoms with Crippen LogP contribution in [0.15, 0.2) is 47.5 Å². The number of pyridine rings is 2. The molecule has 0 aliphatic rings. The highest BCUT2D eigenvalue weighted by Crippen LogP contribution is 2.31. The van der Waals surface area contributed by atoms with Crippen LogP contribution in [-0.2, 0) is 0 Å². The van der Waals surface area contributed by atoms with Crippen LogP contribution in [0.4, 0.5) is 5.82 Å². The van der Waals surface area contributed by atoms with E-state index in [0.29, 0.717) is 16.7 Å². The molecule has 0 amide bonds. The van der Waals surface area contributed by atoms with E-state index in [1.807, 2.05) is 6.07 Å². The Labute approximate surface area is 157 Å². The third-order valence-electron chi connectivity index (χ3n) is 4.05. The van der Waals surface area contributed by atoms with Gasteiger partial charge in [0.2, 0.25) is 0 Å². The summed E-state index contributed by atoms with van der Waals surface area (Å²) in [6.45, 7) is 0. The van der Waals surface area contributed by atoms with E-state index < -0.39 is 34.4 Å². The van der Waals surface area contributed by atoms with Crippen molar-refractivity contribution in [1.29, 1.82) is 5.26 Å². The Morgan fingerprint density at radius 3 is 2.18 bits per heavy atom. The average molecular weight is 376 g/mol. The van der Waals surface area contributed by atoms with Crippen LogP contribution in [0.5, 0.6) is 0 Å². The number of nitrogens with zero attached hydrogens (tertiary/aromatic N) is 2. The number of H-pyrrole nitrogens is 1. The molecule has 0 spiro atoms. The van der Waals surface area contributed by atoms with Gasteiger partial charge in [0.1, 0.15) is 23.0 Å². The van der Waals surface area contributed by atoms with Gasteiger partial charge in [0, 0.05) is 23.5 Å². The van der Waals surface area contributed by atoms with Crippen molar-refractivity contribution in [1.82, 2.24) is 9.97 Å². The van der Waals surface area contributed by atoms with Crippen molar-refractivity contribution in [2.75, 3.05) is 5.73 Å². The molecule has 28 heavy (non-hydrogen) atoms. The number of carbonyl (C=O) groups is 2. The molecule has 3 aromatic rings. The van der Waals surface area contributed by atoms with Crippen molar-refractivity contribution in [2.45, 2.75) is 0 Å². The van der Waals surface area contributed by atoms with Crippen LogP contribution in [0.1, 0.15) is 26.3 Å². The SMILES string of the molecule is N#Cc1cncc(-c2ccc(-c3c(C(=O)O)c(N)[nH]c(=O)c3C(=O)O)cc2)c1. The van der Waals surface area contributed by atoms with Crippen LogP contribution in [0.2, 0.25) is 0 Å². The number of carboxylic acid groups (broad SMARTS) is 2. The molecule has 138 valence electrons. The lowest BCUT2D eigenvalue weighted by Crippen LogP contribution is -2.24. The second-order valence-electron chi connectivity index (χ2n) is 5.75. The minimum absolute atomic E-state index is 0.195. The van der Waals surface area contributed by atoms with Gasteiger partial charge in [-0.2, -0.15) is 5.26 Å². The minimum atomic E-state index is -1.58. The van der Waals surface area contributed by atoms with Crippen molar-refractivity contribution >= 4 is 17.8 Å². The molecule has 0 saturated heterocycles. The number of aromatic nitrogens is 2. The number of hydrogen-bond acceptors (Lipinski definition) is 6. The number of nitrogens with one attached hydrogen (secondary N) is 1. The highest BCUT2D eigenvalue weighted by atomic mass is 16.4. The van der Waals surface area contributed by atoms with E-state index in [1.165, 1.54) is 18.3 Å². The van der Waals surface area contributed by atoms with Gasteiger partial charge >= 0.3 is 11.9 Å². The van der Waals surface area contributed by atoms with Gasteiger partial charge < -0.3 is 20.9 Å². The maximum Gasteiger partial charge on any atom is 0.342 e. The summed E-state index contributed by atoms with van der Waals surface area (Å²) in [6.07, 6.45) is 2.96. The number of nitriles is 1. The van der Waals surface area contributed by atoms with E-state index in [-0.39, 0.29) is 11.1 Å². The molecule has 0 aliphatic carbocycles. The van der Waals surface area contributed by atoms with Gasteiger partial charge in [-0.25, -0.2) is 9.59 Å². The standard InChI is InChI=1S/C19H12N4O5/c20-6-9-5-12(8-22-7-9)10-1-3-11(4-2-10)13-14(18(25)26)16(21)23-17(24)15(13)19(27)28/h1-5,7-8H,(H,25,26)(H,27,28)(H3,21,23,24). The first-order valence-electron chi connectivity index (χ1n) is 7.81. The number of nitrogens with two attached hydrogens (primary N) is 1. The zero-order valence-corrected chi connectivity index (χ0v) is 14.1. The van der Waals surface area contributed by atoms with Crippen molar-refractivity contribution in [3.05, 3.63) is 69.8 Å². The predicted octanol–water partition coefficient (Wildman–Crippen LogP) is 1.95. The number of rotatable bonds is 4. The van der Waals surface area contributed by atoms with Gasteiger partial charge in [-0.1, -0.05) is 24.3 Å². The second kappa shape index (κ2) is 7.05. The summed E-state index contributed by atoms with van der Waals surface area (Å²) in [6, 6.07) is 9.75. The fourth-order valence-electron chi connectivity index (χ4n) is 2.82. The molecule has 0 saturated carbocycles. The summed E-state index contributed by atoms with van der Waals surface area (Å²) in [5.74, 6) is -3.48. The molecule has 0 fully saturated rings. The topological polar surface area (TPSA) is 170 Å². The maximum absolute atomic E-state index is 12.1. The van der Waals surface area contributed by atoms with Crippen LogP contribution < -0.4 is 11.3 Å². The van der Waals surface area contributed by atoms with Gasteiger partial charge in [-0.05, 0) is 17.2 Å². The van der Waals surface area contributed by atoms with Crippen molar-refractivity contribution in [2.24, 2.45) is 0 Å². The van der Waals surface area contributed by atoms with Gasteiger partial charge in [0.15, 0.2) is 0 Å². The first kappa shape index (κ1) is 18.3. The Bertz CT molecular complexity index is 1210. The lowest BCUT2D eigenvalue weighted by Gasteiger charge is -2.12. The predicted molar refractivity (Wildman–Crippen MR) is 98.8 cm³/mol. The van der Waals surface area contributed by atoms with Crippen LogP contribution in [0, 0.1) is 11.3 Å². The number of aromatic amines is 1. The van der Waals surface area contributed by atoms with E-state index in [0.717, 1.165) is 0 Å². The summed E-state index contributed by atoms with van der Waals surface area (Å²) in [7, 11) is 0. The first-order valence-corrected chi connectivity index (χ1v) is 7.81. The zero-order chi connectivity index (χ0) is 20.4. The van der Waals surface area contributed by atoms with E-state index in [4.69, 9.17) is 11.0 Å². The molecule has 2 heterocycles. The van der Waals surface area contributed by atoms with Gasteiger partial charge in [-0.3, -0.25) is 9.78 Å². The van der Waals surface area contributed by atoms with Crippen molar-refractivity contribution in [3.8, 4) is 28.3 Å². The van der Waals surface area contributed by atoms with Crippen LogP contribution in [0.3, 0.4) is 0 Å². The quantitative estimate of drug-likeness (QED) is 0.535. The molecule has 9 heteroatoms. The third-order valence-corrected chi connectivity index (χ3v) is 4.05. The minimum Gasteiger partial charge on any atom is -0.478 e. The average Bonchev–Trinajstić information content (AvgIpc) is 2.66. The van der Waals surface area contributed by atoms with Gasteiger partial charge in [0.25, 0.3) is 5.56 Å². The largest absolute Gasteiger partial charge is 0.478 e. The summed E-state index contributed by atoms with van der Waals surface area (Å²) in [5.41, 5.74) is 4.99. The van der Waals surface area contributed by atoms with E-state index in [2.05, 4.69) is 9.97 Å². The summed E-state index contributed by atoms with van der Waals surface area (Å²) in [5, 5.41) is 27.8. The van der Waals surface area contributed by atoms with Crippen LogP contribution in [0.25, 0.3) is 22.3 Å². The fraction of sp³-hybridized carbons (Fsp3) is 0. The molecule has 0 atom stereocenters. The molecule has 5 N–H and O–H groups in total. The molecule has 3 rings (SSSR count). The number of carboxylic acids is 2. The molecule has 9 nitrogen and oxygen atoms in total. The molecule has 2 aromatic heterocycles. The molecule has 0 aliphatic heterocycles. The number of benzene rings is 1. The monoisotopic (exact) mass is 376 g/mol. The number of anilines is 1.